The van der Waals surface area contributed by atoms with E-state index in [1.807, 2.05) is 18.2 Å². The Morgan fingerprint density at radius 1 is 1.16 bits per heavy atom. The lowest BCUT2D eigenvalue weighted by Crippen LogP contribution is -2.37. The van der Waals surface area contributed by atoms with Crippen LogP contribution in [0.4, 0.5) is 0 Å². The Balaban J connectivity index is 1.47. The summed E-state index contributed by atoms with van der Waals surface area (Å²) in [5.74, 6) is 3.33. The first-order valence-corrected chi connectivity index (χ1v) is 12.1. The van der Waals surface area contributed by atoms with E-state index in [0.29, 0.717) is 12.6 Å². The number of nitrogens with one attached hydrogen (secondary N) is 2. The van der Waals surface area contributed by atoms with Gasteiger partial charge < -0.3 is 24.7 Å². The van der Waals surface area contributed by atoms with Crippen molar-refractivity contribution >= 4 is 17.7 Å². The van der Waals surface area contributed by atoms with Gasteiger partial charge in [-0.25, -0.2) is 0 Å². The first kappa shape index (κ1) is 23.2. The quantitative estimate of drug-likeness (QED) is 0.250. The molecule has 0 unspecified atom stereocenters. The van der Waals surface area contributed by atoms with Crippen molar-refractivity contribution in [1.29, 1.82) is 0 Å². The van der Waals surface area contributed by atoms with E-state index >= 15 is 0 Å². The molecule has 1 aromatic heterocycles. The Bertz CT molecular complexity index is 864. The van der Waals surface area contributed by atoms with Crippen molar-refractivity contribution in [3.63, 3.8) is 0 Å². The average Bonchev–Trinajstić information content (AvgIpc) is 3.47. The summed E-state index contributed by atoms with van der Waals surface area (Å²) in [7, 11) is 5.07. The molecule has 2 aromatic rings. The van der Waals surface area contributed by atoms with Crippen LogP contribution >= 0.6 is 11.8 Å². The van der Waals surface area contributed by atoms with Crippen LogP contribution in [-0.2, 0) is 13.0 Å². The third-order valence-corrected chi connectivity index (χ3v) is 6.25. The van der Waals surface area contributed by atoms with E-state index in [-0.39, 0.29) is 0 Å². The minimum atomic E-state index is 0.566. The van der Waals surface area contributed by atoms with Crippen molar-refractivity contribution in [3.8, 4) is 11.5 Å². The zero-order chi connectivity index (χ0) is 22.1. The van der Waals surface area contributed by atoms with E-state index in [0.717, 1.165) is 53.4 Å². The highest BCUT2D eigenvalue weighted by Crippen LogP contribution is 2.33. The SMILES string of the molecule is CN=C(NCCCc1nnc(SC)n1C1CCCC1)NCc1ccc(OC)c(OC)c1. The van der Waals surface area contributed by atoms with Crippen LogP contribution < -0.4 is 20.1 Å². The molecule has 0 aliphatic heterocycles. The minimum absolute atomic E-state index is 0.566. The summed E-state index contributed by atoms with van der Waals surface area (Å²) in [6.07, 6.45) is 9.04. The van der Waals surface area contributed by atoms with Crippen LogP contribution in [0, 0.1) is 0 Å². The normalized spacial score (nSPS) is 14.6. The second kappa shape index (κ2) is 11.8. The monoisotopic (exact) mass is 446 g/mol. The van der Waals surface area contributed by atoms with Gasteiger partial charge in [0.25, 0.3) is 0 Å². The zero-order valence-electron chi connectivity index (χ0n) is 19.0. The number of hydrogen-bond acceptors (Lipinski definition) is 6. The topological polar surface area (TPSA) is 85.6 Å². The maximum absolute atomic E-state index is 5.37. The molecule has 0 bridgehead atoms. The fourth-order valence-corrected chi connectivity index (χ4v) is 4.57. The molecule has 1 aliphatic carbocycles. The lowest BCUT2D eigenvalue weighted by Gasteiger charge is -2.16. The number of methoxy groups -OCH3 is 2. The maximum atomic E-state index is 5.37. The molecular formula is C22H34N6O2S. The van der Waals surface area contributed by atoms with Gasteiger partial charge in [0.15, 0.2) is 22.6 Å². The number of benzene rings is 1. The fourth-order valence-electron chi connectivity index (χ4n) is 4.00. The van der Waals surface area contributed by atoms with Crippen LogP contribution in [0.3, 0.4) is 0 Å². The zero-order valence-corrected chi connectivity index (χ0v) is 19.8. The Hall–Kier alpha value is -2.42. The molecule has 9 heteroatoms. The molecule has 0 spiro atoms. The summed E-state index contributed by atoms with van der Waals surface area (Å²) < 4.78 is 13.0. The van der Waals surface area contributed by atoms with E-state index in [2.05, 4.69) is 36.6 Å². The highest BCUT2D eigenvalue weighted by Gasteiger charge is 2.23. The predicted octanol–water partition coefficient (Wildman–Crippen LogP) is 3.43. The van der Waals surface area contributed by atoms with Crippen LogP contribution in [0.5, 0.6) is 11.5 Å². The summed E-state index contributed by atoms with van der Waals surface area (Å²) in [5.41, 5.74) is 1.09. The lowest BCUT2D eigenvalue weighted by atomic mass is 10.2. The Labute approximate surface area is 189 Å². The third-order valence-electron chi connectivity index (χ3n) is 5.61. The number of aliphatic imine (C=N–C) groups is 1. The third kappa shape index (κ3) is 6.06. The molecular weight excluding hydrogens is 412 g/mol. The summed E-state index contributed by atoms with van der Waals surface area (Å²) in [6.45, 7) is 1.46. The predicted molar refractivity (Wildman–Crippen MR) is 125 cm³/mol. The van der Waals surface area contributed by atoms with E-state index in [4.69, 9.17) is 9.47 Å². The standard InChI is InChI=1S/C22H34N6O2S/c1-23-21(25-15-16-11-12-18(29-2)19(14-16)30-3)24-13-7-10-20-26-27-22(31-4)28(20)17-8-5-6-9-17/h11-12,14,17H,5-10,13,15H2,1-4H3,(H2,23,24,25). The van der Waals surface area contributed by atoms with Crippen molar-refractivity contribution in [2.45, 2.75) is 56.3 Å². The number of aryl methyl sites for hydroxylation is 1. The number of rotatable bonds is 10. The largest absolute Gasteiger partial charge is 0.493 e. The van der Waals surface area contributed by atoms with E-state index in [9.17, 15) is 0 Å². The highest BCUT2D eigenvalue weighted by molar-refractivity contribution is 7.98. The molecule has 2 N–H and O–H groups in total. The fraction of sp³-hybridized carbons (Fsp3) is 0.591. The van der Waals surface area contributed by atoms with Crippen LogP contribution in [-0.4, -0.2) is 54.8 Å². The number of hydrogen-bond donors (Lipinski definition) is 2. The number of ether oxygens (including phenoxy) is 2. The van der Waals surface area contributed by atoms with E-state index in [1.54, 1.807) is 33.0 Å². The molecule has 0 radical (unpaired) electrons. The van der Waals surface area contributed by atoms with Gasteiger partial charge in [0.05, 0.1) is 14.2 Å². The summed E-state index contributed by atoms with van der Waals surface area (Å²) in [4.78, 5) is 4.32. The van der Waals surface area contributed by atoms with Gasteiger partial charge in [0.1, 0.15) is 5.82 Å². The van der Waals surface area contributed by atoms with Crippen molar-refractivity contribution in [2.24, 2.45) is 4.99 Å². The lowest BCUT2D eigenvalue weighted by molar-refractivity contribution is 0.354. The van der Waals surface area contributed by atoms with Gasteiger partial charge in [0.2, 0.25) is 0 Å². The molecule has 0 amide bonds. The molecule has 31 heavy (non-hydrogen) atoms. The smallest absolute Gasteiger partial charge is 0.191 e. The average molecular weight is 447 g/mol. The molecule has 8 nitrogen and oxygen atoms in total. The molecule has 0 atom stereocenters. The Morgan fingerprint density at radius 2 is 1.94 bits per heavy atom. The highest BCUT2D eigenvalue weighted by atomic mass is 32.2. The summed E-state index contributed by atoms with van der Waals surface area (Å²) >= 11 is 1.69. The van der Waals surface area contributed by atoms with Gasteiger partial charge in [0, 0.05) is 32.6 Å². The minimum Gasteiger partial charge on any atom is -0.493 e. The Morgan fingerprint density at radius 3 is 2.61 bits per heavy atom. The van der Waals surface area contributed by atoms with E-state index in [1.165, 1.54) is 25.7 Å². The van der Waals surface area contributed by atoms with Crippen LogP contribution in [0.15, 0.2) is 28.3 Å². The number of nitrogens with zero attached hydrogens (tertiary/aromatic N) is 4. The molecule has 1 heterocycles. The first-order chi connectivity index (χ1) is 15.2. The van der Waals surface area contributed by atoms with Crippen molar-refractivity contribution in [3.05, 3.63) is 29.6 Å². The summed E-state index contributed by atoms with van der Waals surface area (Å²) in [5, 5.41) is 16.7. The van der Waals surface area contributed by atoms with Crippen LogP contribution in [0.25, 0.3) is 0 Å². The van der Waals surface area contributed by atoms with Gasteiger partial charge in [-0.1, -0.05) is 30.7 Å². The first-order valence-electron chi connectivity index (χ1n) is 10.8. The van der Waals surface area contributed by atoms with Crippen molar-refractivity contribution < 1.29 is 9.47 Å². The number of thioether (sulfide) groups is 1. The molecule has 0 saturated heterocycles. The van der Waals surface area contributed by atoms with Crippen molar-refractivity contribution in [1.82, 2.24) is 25.4 Å². The molecule has 170 valence electrons. The molecule has 1 fully saturated rings. The second-order valence-electron chi connectivity index (χ2n) is 7.56. The molecule has 1 aliphatic rings. The molecule has 3 rings (SSSR count). The van der Waals surface area contributed by atoms with Gasteiger partial charge in [-0.2, -0.15) is 0 Å². The number of guanidine groups is 1. The molecule has 1 saturated carbocycles. The summed E-state index contributed by atoms with van der Waals surface area (Å²) in [6, 6.07) is 6.46. The van der Waals surface area contributed by atoms with Crippen LogP contribution in [0.2, 0.25) is 0 Å². The van der Waals surface area contributed by atoms with Crippen LogP contribution in [0.1, 0.15) is 49.5 Å². The molecule has 1 aromatic carbocycles. The van der Waals surface area contributed by atoms with E-state index < -0.39 is 0 Å². The Kier molecular flexibility index (Phi) is 8.87. The van der Waals surface area contributed by atoms with Gasteiger partial charge in [-0.3, -0.25) is 4.99 Å². The number of aromatic nitrogens is 3. The van der Waals surface area contributed by atoms with Gasteiger partial charge in [-0.05, 0) is 43.2 Å². The van der Waals surface area contributed by atoms with Crippen molar-refractivity contribution in [2.75, 3.05) is 34.1 Å². The second-order valence-corrected chi connectivity index (χ2v) is 8.33. The van der Waals surface area contributed by atoms with Gasteiger partial charge in [-0.15, -0.1) is 10.2 Å². The van der Waals surface area contributed by atoms with Gasteiger partial charge >= 0.3 is 0 Å². The maximum Gasteiger partial charge on any atom is 0.191 e.